The van der Waals surface area contributed by atoms with Crippen LogP contribution in [0, 0.1) is 15.9 Å². The number of carbonyl (C=O) groups excluding carboxylic acids is 1. The van der Waals surface area contributed by atoms with E-state index in [1.165, 1.54) is 18.2 Å². The van der Waals surface area contributed by atoms with E-state index in [0.29, 0.717) is 0 Å². The highest BCUT2D eigenvalue weighted by Crippen LogP contribution is 2.31. The predicted octanol–water partition coefficient (Wildman–Crippen LogP) is 4.87. The van der Waals surface area contributed by atoms with E-state index in [0.717, 1.165) is 12.3 Å². The van der Waals surface area contributed by atoms with Crippen LogP contribution in [-0.4, -0.2) is 21.6 Å². The normalized spacial score (nSPS) is 11.0. The van der Waals surface area contributed by atoms with Gasteiger partial charge in [0.1, 0.15) is 28.5 Å². The number of hydrogen-bond acceptors (Lipinski definition) is 6. The first-order valence-electron chi connectivity index (χ1n) is 7.41. The standard InChI is InChI=1S/C16H16ClFN4O4/c1-16(2,3)26-15(23)20-9-4-5-10(18)11(6-9)21-12-7-14(17)19-8-13(12)22(24)25/h4-8H,1-3H3,(H,19,21)(H,20,23). The lowest BCUT2D eigenvalue weighted by atomic mass is 10.2. The lowest BCUT2D eigenvalue weighted by Gasteiger charge is -2.20. The molecule has 138 valence electrons. The molecule has 0 unspecified atom stereocenters. The Hall–Kier alpha value is -2.94. The second-order valence-corrected chi connectivity index (χ2v) is 6.62. The molecule has 1 amide bonds. The summed E-state index contributed by atoms with van der Waals surface area (Å²) in [7, 11) is 0. The van der Waals surface area contributed by atoms with Gasteiger partial charge in [-0.25, -0.2) is 14.2 Å². The molecule has 0 radical (unpaired) electrons. The van der Waals surface area contributed by atoms with Gasteiger partial charge in [-0.15, -0.1) is 0 Å². The van der Waals surface area contributed by atoms with Crippen LogP contribution in [0.4, 0.5) is 31.9 Å². The summed E-state index contributed by atoms with van der Waals surface area (Å²) in [5.41, 5.74) is -0.961. The molecule has 1 aromatic heterocycles. The first-order chi connectivity index (χ1) is 12.0. The Morgan fingerprint density at radius 1 is 1.31 bits per heavy atom. The van der Waals surface area contributed by atoms with E-state index in [9.17, 15) is 19.3 Å². The molecule has 8 nitrogen and oxygen atoms in total. The van der Waals surface area contributed by atoms with Crippen molar-refractivity contribution >= 4 is 40.4 Å². The van der Waals surface area contributed by atoms with Gasteiger partial charge in [-0.2, -0.15) is 0 Å². The zero-order valence-corrected chi connectivity index (χ0v) is 14.9. The maximum Gasteiger partial charge on any atom is 0.412 e. The van der Waals surface area contributed by atoms with Crippen molar-refractivity contribution in [1.82, 2.24) is 4.98 Å². The fourth-order valence-electron chi connectivity index (χ4n) is 1.93. The van der Waals surface area contributed by atoms with E-state index in [1.54, 1.807) is 20.8 Å². The Morgan fingerprint density at radius 3 is 2.62 bits per heavy atom. The summed E-state index contributed by atoms with van der Waals surface area (Å²) in [6.45, 7) is 5.11. The van der Waals surface area contributed by atoms with Crippen LogP contribution in [0.15, 0.2) is 30.5 Å². The third kappa shape index (κ3) is 5.28. The second kappa shape index (κ2) is 7.52. The highest BCUT2D eigenvalue weighted by molar-refractivity contribution is 6.29. The molecular formula is C16H16ClFN4O4. The van der Waals surface area contributed by atoms with Crippen molar-refractivity contribution < 1.29 is 18.8 Å². The minimum Gasteiger partial charge on any atom is -0.444 e. The van der Waals surface area contributed by atoms with Crippen molar-refractivity contribution in [2.45, 2.75) is 26.4 Å². The highest BCUT2D eigenvalue weighted by atomic mass is 35.5. The molecule has 0 saturated heterocycles. The summed E-state index contributed by atoms with van der Waals surface area (Å²) in [6, 6.07) is 4.91. The molecule has 0 aliphatic rings. The van der Waals surface area contributed by atoms with Gasteiger partial charge < -0.3 is 10.1 Å². The molecule has 0 bridgehead atoms. The molecule has 1 heterocycles. The molecule has 0 aliphatic heterocycles. The van der Waals surface area contributed by atoms with E-state index < -0.39 is 22.4 Å². The molecule has 0 atom stereocenters. The summed E-state index contributed by atoms with van der Waals surface area (Å²) in [5.74, 6) is -0.679. The van der Waals surface area contributed by atoms with Crippen molar-refractivity contribution in [3.05, 3.63) is 51.5 Å². The maximum absolute atomic E-state index is 14.1. The summed E-state index contributed by atoms with van der Waals surface area (Å²) < 4.78 is 19.2. The van der Waals surface area contributed by atoms with Gasteiger partial charge in [0.25, 0.3) is 0 Å². The maximum atomic E-state index is 14.1. The van der Waals surface area contributed by atoms with E-state index in [2.05, 4.69) is 15.6 Å². The minimum absolute atomic E-state index is 0.00143. The SMILES string of the molecule is CC(C)(C)OC(=O)Nc1ccc(F)c(Nc2cc(Cl)ncc2[N+](=O)[O-])c1. The first-order valence-corrected chi connectivity index (χ1v) is 7.79. The Balaban J connectivity index is 2.27. The number of rotatable bonds is 4. The average Bonchev–Trinajstić information content (AvgIpc) is 2.48. The quantitative estimate of drug-likeness (QED) is 0.443. The molecule has 0 fully saturated rings. The van der Waals surface area contributed by atoms with Crippen LogP contribution in [0.5, 0.6) is 0 Å². The monoisotopic (exact) mass is 382 g/mol. The Morgan fingerprint density at radius 2 is 2.00 bits per heavy atom. The largest absolute Gasteiger partial charge is 0.444 e. The van der Waals surface area contributed by atoms with E-state index in [1.807, 2.05) is 0 Å². The number of pyridine rings is 1. The van der Waals surface area contributed by atoms with Crippen LogP contribution >= 0.6 is 11.6 Å². The minimum atomic E-state index is -0.715. The van der Waals surface area contributed by atoms with Crippen molar-refractivity contribution in [1.29, 1.82) is 0 Å². The summed E-state index contributed by atoms with van der Waals surface area (Å²) in [6.07, 6.45) is 0.249. The van der Waals surface area contributed by atoms with Gasteiger partial charge in [0.15, 0.2) is 0 Å². The number of aromatic nitrogens is 1. The number of ether oxygens (including phenoxy) is 1. The number of nitrogens with one attached hydrogen (secondary N) is 2. The third-order valence-electron chi connectivity index (χ3n) is 2.93. The van der Waals surface area contributed by atoms with Crippen LogP contribution in [0.1, 0.15) is 20.8 Å². The van der Waals surface area contributed by atoms with Crippen LogP contribution < -0.4 is 10.6 Å². The number of carbonyl (C=O) groups is 1. The number of anilines is 3. The fraction of sp³-hybridized carbons (Fsp3) is 0.250. The van der Waals surface area contributed by atoms with Crippen molar-refractivity contribution in [2.75, 3.05) is 10.6 Å². The predicted molar refractivity (Wildman–Crippen MR) is 95.4 cm³/mol. The second-order valence-electron chi connectivity index (χ2n) is 6.23. The topological polar surface area (TPSA) is 106 Å². The Bertz CT molecular complexity index is 855. The molecule has 26 heavy (non-hydrogen) atoms. The van der Waals surface area contributed by atoms with E-state index in [4.69, 9.17) is 16.3 Å². The molecule has 0 aliphatic carbocycles. The van der Waals surface area contributed by atoms with Gasteiger partial charge in [-0.05, 0) is 39.0 Å². The van der Waals surface area contributed by atoms with E-state index in [-0.39, 0.29) is 27.9 Å². The van der Waals surface area contributed by atoms with Crippen LogP contribution in [0.3, 0.4) is 0 Å². The summed E-state index contributed by atoms with van der Waals surface area (Å²) in [5, 5.41) is 16.1. The highest BCUT2D eigenvalue weighted by Gasteiger charge is 2.19. The molecule has 1 aromatic carbocycles. The summed E-state index contributed by atoms with van der Waals surface area (Å²) in [4.78, 5) is 25.8. The van der Waals surface area contributed by atoms with E-state index >= 15 is 0 Å². The van der Waals surface area contributed by atoms with Gasteiger partial charge in [-0.3, -0.25) is 15.4 Å². The van der Waals surface area contributed by atoms with Crippen LogP contribution in [0.25, 0.3) is 0 Å². The first kappa shape index (κ1) is 19.4. The number of nitro groups is 1. The molecule has 2 rings (SSSR count). The lowest BCUT2D eigenvalue weighted by molar-refractivity contribution is -0.384. The molecule has 0 saturated carbocycles. The van der Waals surface area contributed by atoms with Crippen molar-refractivity contribution in [3.8, 4) is 0 Å². The zero-order chi connectivity index (χ0) is 19.5. The lowest BCUT2D eigenvalue weighted by Crippen LogP contribution is -2.27. The number of benzene rings is 1. The van der Waals surface area contributed by atoms with Crippen molar-refractivity contribution in [2.24, 2.45) is 0 Å². The van der Waals surface area contributed by atoms with Gasteiger partial charge in [0.2, 0.25) is 0 Å². The Kier molecular flexibility index (Phi) is 5.61. The van der Waals surface area contributed by atoms with Crippen LogP contribution in [0.2, 0.25) is 5.15 Å². The molecular weight excluding hydrogens is 367 g/mol. The van der Waals surface area contributed by atoms with Gasteiger partial charge in [0.05, 0.1) is 10.6 Å². The number of nitrogens with zero attached hydrogens (tertiary/aromatic N) is 2. The van der Waals surface area contributed by atoms with Crippen LogP contribution in [-0.2, 0) is 4.74 Å². The molecule has 2 aromatic rings. The number of halogens is 2. The number of amides is 1. The third-order valence-corrected chi connectivity index (χ3v) is 3.13. The number of hydrogen-bond donors (Lipinski definition) is 2. The van der Waals surface area contributed by atoms with Gasteiger partial charge >= 0.3 is 11.8 Å². The molecule has 0 spiro atoms. The van der Waals surface area contributed by atoms with Crippen molar-refractivity contribution in [3.63, 3.8) is 0 Å². The molecule has 2 N–H and O–H groups in total. The molecule has 10 heteroatoms. The zero-order valence-electron chi connectivity index (χ0n) is 14.2. The fourth-order valence-corrected chi connectivity index (χ4v) is 2.09. The van der Waals surface area contributed by atoms with Gasteiger partial charge in [0, 0.05) is 11.8 Å². The Labute approximate surface area is 153 Å². The smallest absolute Gasteiger partial charge is 0.412 e. The average molecular weight is 383 g/mol. The summed E-state index contributed by atoms with van der Waals surface area (Å²) >= 11 is 5.75. The van der Waals surface area contributed by atoms with Gasteiger partial charge in [-0.1, -0.05) is 11.6 Å².